The molecule has 1 aromatic heterocycles. The summed E-state index contributed by atoms with van der Waals surface area (Å²) in [5.74, 6) is 0. The highest BCUT2D eigenvalue weighted by Gasteiger charge is 2.10. The summed E-state index contributed by atoms with van der Waals surface area (Å²) >= 11 is 0. The van der Waals surface area contributed by atoms with Crippen molar-refractivity contribution in [2.45, 2.75) is 39.2 Å². The Morgan fingerprint density at radius 1 is 1.17 bits per heavy atom. The number of aryl methyl sites for hydroxylation is 1. The monoisotopic (exact) mass is 251 g/mol. The number of H-pyrrole nitrogens is 1. The number of nitrogens with zero attached hydrogens (tertiary/aromatic N) is 2. The molecule has 0 unspecified atom stereocenters. The van der Waals surface area contributed by atoms with Crippen molar-refractivity contribution in [3.63, 3.8) is 0 Å². The molecule has 2 rings (SSSR count). The Hall–Kier alpha value is -1.36. The van der Waals surface area contributed by atoms with E-state index >= 15 is 0 Å². The average molecular weight is 251 g/mol. The number of piperidine rings is 1. The van der Waals surface area contributed by atoms with Gasteiger partial charge in [-0.2, -0.15) is 0 Å². The summed E-state index contributed by atoms with van der Waals surface area (Å²) in [6, 6.07) is 0. The van der Waals surface area contributed by atoms with Crippen LogP contribution in [0.4, 0.5) is 0 Å². The Kier molecular flexibility index (Phi) is 4.36. The minimum absolute atomic E-state index is 0.253. The molecule has 0 atom stereocenters. The van der Waals surface area contributed by atoms with Crippen LogP contribution in [0.15, 0.2) is 15.8 Å². The van der Waals surface area contributed by atoms with Crippen LogP contribution in [-0.4, -0.2) is 34.1 Å². The van der Waals surface area contributed by atoms with Crippen LogP contribution in [0, 0.1) is 0 Å². The van der Waals surface area contributed by atoms with Gasteiger partial charge in [0, 0.05) is 24.8 Å². The van der Waals surface area contributed by atoms with Crippen molar-refractivity contribution in [1.29, 1.82) is 0 Å². The van der Waals surface area contributed by atoms with Gasteiger partial charge in [-0.05, 0) is 32.4 Å². The van der Waals surface area contributed by atoms with Crippen molar-refractivity contribution in [3.05, 3.63) is 32.6 Å². The molecule has 0 aliphatic carbocycles. The number of hydrogen-bond donors (Lipinski definition) is 1. The molecule has 0 bridgehead atoms. The van der Waals surface area contributed by atoms with Crippen LogP contribution in [-0.2, 0) is 13.0 Å². The van der Waals surface area contributed by atoms with Gasteiger partial charge < -0.3 is 4.90 Å². The zero-order valence-electron chi connectivity index (χ0n) is 10.9. The Morgan fingerprint density at radius 3 is 2.56 bits per heavy atom. The Labute approximate surface area is 106 Å². The number of nitrogens with one attached hydrogen (secondary N) is 1. The van der Waals surface area contributed by atoms with E-state index in [1.54, 1.807) is 10.8 Å². The third-order valence-corrected chi connectivity index (χ3v) is 3.57. The number of aromatic amines is 1. The highest BCUT2D eigenvalue weighted by Crippen LogP contribution is 2.07. The molecule has 0 aromatic carbocycles. The molecule has 1 fully saturated rings. The van der Waals surface area contributed by atoms with Gasteiger partial charge in [-0.3, -0.25) is 14.3 Å². The molecule has 0 radical (unpaired) electrons. The zero-order chi connectivity index (χ0) is 13.0. The number of likely N-dealkylation sites (tertiary alicyclic amines) is 1. The summed E-state index contributed by atoms with van der Waals surface area (Å²) in [6.45, 7) is 5.71. The van der Waals surface area contributed by atoms with E-state index in [4.69, 9.17) is 0 Å². The van der Waals surface area contributed by atoms with Crippen molar-refractivity contribution < 1.29 is 0 Å². The molecule has 1 aliphatic rings. The van der Waals surface area contributed by atoms with E-state index in [9.17, 15) is 9.59 Å². The Morgan fingerprint density at radius 2 is 1.89 bits per heavy atom. The highest BCUT2D eigenvalue weighted by atomic mass is 16.2. The van der Waals surface area contributed by atoms with Gasteiger partial charge in [-0.1, -0.05) is 13.3 Å². The van der Waals surface area contributed by atoms with Crippen molar-refractivity contribution in [2.75, 3.05) is 19.6 Å². The summed E-state index contributed by atoms with van der Waals surface area (Å²) in [5, 5.41) is 0. The van der Waals surface area contributed by atoms with Gasteiger partial charge in [-0.25, -0.2) is 4.79 Å². The Balaban J connectivity index is 2.04. The summed E-state index contributed by atoms with van der Waals surface area (Å²) in [7, 11) is 0. The molecule has 1 N–H and O–H groups in total. The van der Waals surface area contributed by atoms with Crippen LogP contribution in [0.2, 0.25) is 0 Å². The quantitative estimate of drug-likeness (QED) is 0.852. The van der Waals surface area contributed by atoms with Gasteiger partial charge in [0.1, 0.15) is 0 Å². The van der Waals surface area contributed by atoms with E-state index < -0.39 is 0 Å². The second-order valence-electron chi connectivity index (χ2n) is 4.86. The minimum atomic E-state index is -0.297. The van der Waals surface area contributed by atoms with Gasteiger partial charge in [0.05, 0.1) is 0 Å². The minimum Gasteiger partial charge on any atom is -0.302 e. The molecule has 0 spiro atoms. The fourth-order valence-electron chi connectivity index (χ4n) is 2.40. The average Bonchev–Trinajstić information content (AvgIpc) is 2.39. The van der Waals surface area contributed by atoms with Gasteiger partial charge >= 0.3 is 5.69 Å². The standard InChI is InChI=1S/C13H21N3O2/c1-2-11-10-16(13(18)14-12(11)17)9-8-15-6-4-3-5-7-15/h10H,2-9H2,1H3,(H,14,17,18). The molecular formula is C13H21N3O2. The van der Waals surface area contributed by atoms with E-state index in [1.807, 2.05) is 6.92 Å². The smallest absolute Gasteiger partial charge is 0.302 e. The maximum atomic E-state index is 11.7. The van der Waals surface area contributed by atoms with Gasteiger partial charge in [0.15, 0.2) is 0 Å². The van der Waals surface area contributed by atoms with E-state index in [-0.39, 0.29) is 11.2 Å². The maximum Gasteiger partial charge on any atom is 0.328 e. The summed E-state index contributed by atoms with van der Waals surface area (Å²) in [4.78, 5) is 27.9. The molecule has 0 amide bonds. The third kappa shape index (κ3) is 3.10. The molecule has 5 heteroatoms. The topological polar surface area (TPSA) is 58.1 Å². The first-order valence-corrected chi connectivity index (χ1v) is 6.75. The second kappa shape index (κ2) is 6.00. The van der Waals surface area contributed by atoms with Gasteiger partial charge in [0.25, 0.3) is 5.56 Å². The molecule has 18 heavy (non-hydrogen) atoms. The molecule has 1 aromatic rings. The zero-order valence-corrected chi connectivity index (χ0v) is 10.9. The first-order valence-electron chi connectivity index (χ1n) is 6.75. The van der Waals surface area contributed by atoms with Crippen molar-refractivity contribution >= 4 is 0 Å². The lowest BCUT2D eigenvalue weighted by atomic mass is 10.1. The number of rotatable bonds is 4. The van der Waals surface area contributed by atoms with Gasteiger partial charge in [-0.15, -0.1) is 0 Å². The van der Waals surface area contributed by atoms with Crippen molar-refractivity contribution in [1.82, 2.24) is 14.5 Å². The predicted molar refractivity (Wildman–Crippen MR) is 71.0 cm³/mol. The van der Waals surface area contributed by atoms with Crippen LogP contribution in [0.25, 0.3) is 0 Å². The normalized spacial score (nSPS) is 16.9. The third-order valence-electron chi connectivity index (χ3n) is 3.57. The van der Waals surface area contributed by atoms with E-state index in [1.165, 1.54) is 19.3 Å². The first kappa shape index (κ1) is 13.1. The number of aromatic nitrogens is 2. The lowest BCUT2D eigenvalue weighted by Crippen LogP contribution is -2.37. The molecule has 1 saturated heterocycles. The predicted octanol–water partition coefficient (Wildman–Crippen LogP) is 0.585. The van der Waals surface area contributed by atoms with Crippen molar-refractivity contribution in [2.24, 2.45) is 0 Å². The molecule has 1 aliphatic heterocycles. The fourth-order valence-corrected chi connectivity index (χ4v) is 2.40. The molecule has 0 saturated carbocycles. The van der Waals surface area contributed by atoms with Crippen molar-refractivity contribution in [3.8, 4) is 0 Å². The van der Waals surface area contributed by atoms with Crippen LogP contribution in [0.5, 0.6) is 0 Å². The van der Waals surface area contributed by atoms with Gasteiger partial charge in [0.2, 0.25) is 0 Å². The van der Waals surface area contributed by atoms with Crippen LogP contribution in [0.3, 0.4) is 0 Å². The molecule has 2 heterocycles. The molecular weight excluding hydrogens is 230 g/mol. The fraction of sp³-hybridized carbons (Fsp3) is 0.692. The van der Waals surface area contributed by atoms with Crippen LogP contribution >= 0.6 is 0 Å². The lowest BCUT2D eigenvalue weighted by Gasteiger charge is -2.26. The number of hydrogen-bond acceptors (Lipinski definition) is 3. The summed E-state index contributed by atoms with van der Waals surface area (Å²) in [5.41, 5.74) is 0.124. The van der Waals surface area contributed by atoms with E-state index in [2.05, 4.69) is 9.88 Å². The highest BCUT2D eigenvalue weighted by molar-refractivity contribution is 5.03. The maximum absolute atomic E-state index is 11.7. The lowest BCUT2D eigenvalue weighted by molar-refractivity contribution is 0.219. The second-order valence-corrected chi connectivity index (χ2v) is 4.86. The summed E-state index contributed by atoms with van der Waals surface area (Å²) in [6.07, 6.45) is 6.17. The van der Waals surface area contributed by atoms with E-state index in [0.29, 0.717) is 18.5 Å². The summed E-state index contributed by atoms with van der Waals surface area (Å²) < 4.78 is 1.62. The SMILES string of the molecule is CCc1cn(CCN2CCCCC2)c(=O)[nH]c1=O. The van der Waals surface area contributed by atoms with Crippen LogP contribution in [0.1, 0.15) is 31.7 Å². The van der Waals surface area contributed by atoms with Crippen LogP contribution < -0.4 is 11.2 Å². The Bertz CT molecular complexity index is 498. The largest absolute Gasteiger partial charge is 0.328 e. The molecule has 5 nitrogen and oxygen atoms in total. The first-order chi connectivity index (χ1) is 8.70. The molecule has 100 valence electrons. The van der Waals surface area contributed by atoms with E-state index in [0.717, 1.165) is 19.6 Å².